The van der Waals surface area contributed by atoms with E-state index in [0.29, 0.717) is 5.92 Å². The molecule has 0 aliphatic rings. The fourth-order valence-corrected chi connectivity index (χ4v) is 2.15. The van der Waals surface area contributed by atoms with Gasteiger partial charge >= 0.3 is 0 Å². The number of rotatable bonds is 3. The smallest absolute Gasteiger partial charge is 0.0471 e. The van der Waals surface area contributed by atoms with Crippen LogP contribution in [-0.4, -0.2) is 11.7 Å². The van der Waals surface area contributed by atoms with Gasteiger partial charge in [0.15, 0.2) is 0 Å². The Morgan fingerprint density at radius 3 is 2.82 bits per heavy atom. The van der Waals surface area contributed by atoms with Crippen LogP contribution < -0.4 is 0 Å². The molecule has 1 N–H and O–H groups in total. The van der Waals surface area contributed by atoms with E-state index in [-0.39, 0.29) is 6.61 Å². The number of hydrogen-bond acceptors (Lipinski definition) is 2. The molecule has 1 aromatic heterocycles. The Hall–Kier alpha value is -0.340. The van der Waals surface area contributed by atoms with Gasteiger partial charge in [-0.3, -0.25) is 0 Å². The predicted molar refractivity (Wildman–Crippen MR) is 49.2 cm³/mol. The molecule has 62 valence electrons. The van der Waals surface area contributed by atoms with Gasteiger partial charge in [0.05, 0.1) is 0 Å². The van der Waals surface area contributed by atoms with E-state index in [1.165, 1.54) is 10.4 Å². The van der Waals surface area contributed by atoms with Crippen molar-refractivity contribution in [2.45, 2.75) is 26.2 Å². The van der Waals surface area contributed by atoms with Gasteiger partial charge in [0.2, 0.25) is 0 Å². The van der Waals surface area contributed by atoms with Gasteiger partial charge < -0.3 is 5.11 Å². The van der Waals surface area contributed by atoms with E-state index in [1.807, 2.05) is 0 Å². The molecule has 0 amide bonds. The number of thiophene rings is 1. The molecule has 0 saturated carbocycles. The molecule has 11 heavy (non-hydrogen) atoms. The normalized spacial score (nSPS) is 10.9. The quantitative estimate of drug-likeness (QED) is 0.738. The van der Waals surface area contributed by atoms with E-state index < -0.39 is 0 Å². The molecule has 1 heterocycles. The summed E-state index contributed by atoms with van der Waals surface area (Å²) in [7, 11) is 0. The Morgan fingerprint density at radius 2 is 2.27 bits per heavy atom. The van der Waals surface area contributed by atoms with E-state index in [9.17, 15) is 0 Å². The Bertz CT molecular complexity index is 215. The first-order valence-corrected chi connectivity index (χ1v) is 4.80. The molecule has 0 aromatic carbocycles. The molecule has 1 rings (SSSR count). The fourth-order valence-electron chi connectivity index (χ4n) is 1.18. The monoisotopic (exact) mass is 170 g/mol. The van der Waals surface area contributed by atoms with Crippen molar-refractivity contribution < 1.29 is 5.11 Å². The lowest BCUT2D eigenvalue weighted by atomic mass is 10.1. The second-order valence-electron chi connectivity index (χ2n) is 2.94. The van der Waals surface area contributed by atoms with Gasteiger partial charge in [-0.05, 0) is 29.3 Å². The molecule has 0 aliphatic heterocycles. The highest BCUT2D eigenvalue weighted by Crippen LogP contribution is 2.25. The van der Waals surface area contributed by atoms with Gasteiger partial charge in [0.25, 0.3) is 0 Å². The van der Waals surface area contributed by atoms with Crippen LogP contribution in [0.3, 0.4) is 0 Å². The first-order valence-electron chi connectivity index (χ1n) is 3.92. The van der Waals surface area contributed by atoms with E-state index in [2.05, 4.69) is 25.3 Å². The molecule has 0 aliphatic carbocycles. The van der Waals surface area contributed by atoms with Crippen molar-refractivity contribution in [3.05, 3.63) is 21.9 Å². The van der Waals surface area contributed by atoms with Crippen molar-refractivity contribution in [2.75, 3.05) is 6.61 Å². The lowest BCUT2D eigenvalue weighted by Gasteiger charge is -2.04. The summed E-state index contributed by atoms with van der Waals surface area (Å²) in [4.78, 5) is 1.42. The van der Waals surface area contributed by atoms with Crippen molar-refractivity contribution in [1.29, 1.82) is 0 Å². The Balaban J connectivity index is 2.78. The summed E-state index contributed by atoms with van der Waals surface area (Å²) in [6.07, 6.45) is 0.803. The lowest BCUT2D eigenvalue weighted by Crippen LogP contribution is -1.93. The summed E-state index contributed by atoms with van der Waals surface area (Å²) in [6.45, 7) is 4.63. The second kappa shape index (κ2) is 3.88. The van der Waals surface area contributed by atoms with Gasteiger partial charge in [-0.25, -0.2) is 0 Å². The maximum Gasteiger partial charge on any atom is 0.0471 e. The zero-order valence-electron chi connectivity index (χ0n) is 7.00. The van der Waals surface area contributed by atoms with Crippen LogP contribution in [0.1, 0.15) is 30.2 Å². The molecule has 2 heteroatoms. The molecular weight excluding hydrogens is 156 g/mol. The van der Waals surface area contributed by atoms with Gasteiger partial charge in [0, 0.05) is 11.5 Å². The summed E-state index contributed by atoms with van der Waals surface area (Å²) in [5, 5.41) is 10.8. The third-order valence-electron chi connectivity index (χ3n) is 1.69. The SMILES string of the molecule is CC(C)c1sccc1CCO. The van der Waals surface area contributed by atoms with Crippen LogP contribution in [-0.2, 0) is 6.42 Å². The number of aliphatic hydroxyl groups excluding tert-OH is 1. The second-order valence-corrected chi connectivity index (χ2v) is 3.89. The molecule has 0 bridgehead atoms. The molecule has 1 aromatic rings. The molecule has 0 spiro atoms. The summed E-state index contributed by atoms with van der Waals surface area (Å²) in [5.41, 5.74) is 1.31. The number of hydrogen-bond donors (Lipinski definition) is 1. The van der Waals surface area contributed by atoms with Crippen LogP contribution in [0.5, 0.6) is 0 Å². The topological polar surface area (TPSA) is 20.2 Å². The van der Waals surface area contributed by atoms with Crippen molar-refractivity contribution in [3.8, 4) is 0 Å². The van der Waals surface area contributed by atoms with Crippen molar-refractivity contribution in [2.24, 2.45) is 0 Å². The third-order valence-corrected chi connectivity index (χ3v) is 2.95. The van der Waals surface area contributed by atoms with Crippen molar-refractivity contribution in [1.82, 2.24) is 0 Å². The molecule has 0 unspecified atom stereocenters. The van der Waals surface area contributed by atoms with Gasteiger partial charge in [-0.1, -0.05) is 13.8 Å². The van der Waals surface area contributed by atoms with Gasteiger partial charge in [-0.2, -0.15) is 0 Å². The average molecular weight is 170 g/mol. The largest absolute Gasteiger partial charge is 0.396 e. The standard InChI is InChI=1S/C9H14OS/c1-7(2)9-8(3-5-10)4-6-11-9/h4,6-7,10H,3,5H2,1-2H3. The van der Waals surface area contributed by atoms with Crippen LogP contribution >= 0.6 is 11.3 Å². The maximum atomic E-state index is 8.75. The molecule has 0 fully saturated rings. The zero-order chi connectivity index (χ0) is 8.27. The summed E-state index contributed by atoms with van der Waals surface area (Å²) < 4.78 is 0. The van der Waals surface area contributed by atoms with Gasteiger partial charge in [-0.15, -0.1) is 11.3 Å². The fraction of sp³-hybridized carbons (Fsp3) is 0.556. The van der Waals surface area contributed by atoms with Crippen molar-refractivity contribution >= 4 is 11.3 Å². The van der Waals surface area contributed by atoms with Crippen LogP contribution in [0.15, 0.2) is 11.4 Å². The highest BCUT2D eigenvalue weighted by Gasteiger charge is 2.06. The van der Waals surface area contributed by atoms with E-state index >= 15 is 0 Å². The van der Waals surface area contributed by atoms with Gasteiger partial charge in [0.1, 0.15) is 0 Å². The minimum atomic E-state index is 0.260. The van der Waals surface area contributed by atoms with Crippen LogP contribution in [0, 0.1) is 0 Å². The molecular formula is C9H14OS. The Labute approximate surface area is 71.7 Å². The van der Waals surface area contributed by atoms with Crippen molar-refractivity contribution in [3.63, 3.8) is 0 Å². The first kappa shape index (κ1) is 8.75. The molecule has 0 saturated heterocycles. The van der Waals surface area contributed by atoms with Crippen LogP contribution in [0.2, 0.25) is 0 Å². The van der Waals surface area contributed by atoms with E-state index in [1.54, 1.807) is 11.3 Å². The summed E-state index contributed by atoms with van der Waals surface area (Å²) in [6, 6.07) is 2.11. The molecule has 1 nitrogen and oxygen atoms in total. The predicted octanol–water partition coefficient (Wildman–Crippen LogP) is 2.41. The highest BCUT2D eigenvalue weighted by molar-refractivity contribution is 7.10. The average Bonchev–Trinajstić information content (AvgIpc) is 2.36. The number of aliphatic hydroxyl groups is 1. The molecule has 0 atom stereocenters. The lowest BCUT2D eigenvalue weighted by molar-refractivity contribution is 0.299. The maximum absolute atomic E-state index is 8.75. The van der Waals surface area contributed by atoms with Crippen LogP contribution in [0.4, 0.5) is 0 Å². The molecule has 0 radical (unpaired) electrons. The minimum absolute atomic E-state index is 0.260. The minimum Gasteiger partial charge on any atom is -0.396 e. The Kier molecular flexibility index (Phi) is 3.09. The highest BCUT2D eigenvalue weighted by atomic mass is 32.1. The summed E-state index contributed by atoms with van der Waals surface area (Å²) in [5.74, 6) is 0.594. The third kappa shape index (κ3) is 2.04. The summed E-state index contributed by atoms with van der Waals surface area (Å²) >= 11 is 1.79. The Morgan fingerprint density at radius 1 is 1.55 bits per heavy atom. The van der Waals surface area contributed by atoms with E-state index in [4.69, 9.17) is 5.11 Å². The zero-order valence-corrected chi connectivity index (χ0v) is 7.82. The van der Waals surface area contributed by atoms with Crippen LogP contribution in [0.25, 0.3) is 0 Å². The first-order chi connectivity index (χ1) is 5.25. The van der Waals surface area contributed by atoms with E-state index in [0.717, 1.165) is 6.42 Å².